The highest BCUT2D eigenvalue weighted by molar-refractivity contribution is 6.33. The predicted octanol–water partition coefficient (Wildman–Crippen LogP) is 6.29. The number of nitrogens with one attached hydrogen (secondary N) is 3. The highest BCUT2D eigenvalue weighted by Crippen LogP contribution is 2.31. The quantitative estimate of drug-likeness (QED) is 0.204. The van der Waals surface area contributed by atoms with Crippen molar-refractivity contribution in [3.63, 3.8) is 0 Å². The number of piperidine rings is 1. The van der Waals surface area contributed by atoms with Crippen molar-refractivity contribution >= 4 is 51.9 Å². The number of rotatable bonds is 8. The molecule has 4 aromatic rings. The smallest absolute Gasteiger partial charge is 0.274 e. The molecule has 0 aliphatic carbocycles. The van der Waals surface area contributed by atoms with Crippen molar-refractivity contribution in [2.45, 2.75) is 25.9 Å². The van der Waals surface area contributed by atoms with E-state index < -0.39 is 0 Å². The topological polar surface area (TPSA) is 101 Å². The summed E-state index contributed by atoms with van der Waals surface area (Å²) in [4.78, 5) is 32.4. The number of H-pyrrole nitrogens is 1. The summed E-state index contributed by atoms with van der Waals surface area (Å²) in [5.41, 5.74) is 5.03. The molecule has 1 aliphatic rings. The van der Waals surface area contributed by atoms with E-state index in [-0.39, 0.29) is 17.9 Å². The van der Waals surface area contributed by atoms with Crippen LogP contribution in [0.3, 0.4) is 0 Å². The van der Waals surface area contributed by atoms with Crippen LogP contribution in [0.1, 0.15) is 40.6 Å². The lowest BCUT2D eigenvalue weighted by Crippen LogP contribution is -2.35. The molecule has 0 spiro atoms. The van der Waals surface area contributed by atoms with Gasteiger partial charge in [0.1, 0.15) is 5.69 Å². The molecule has 5 rings (SSSR count). The number of aliphatic hydroxyl groups is 1. The van der Waals surface area contributed by atoms with Gasteiger partial charge in [-0.25, -0.2) is 0 Å². The van der Waals surface area contributed by atoms with Gasteiger partial charge in [-0.05, 0) is 98.6 Å². The molecular formula is C31H32ClN5O3. The number of carbonyl (C=O) groups excluding carboxylic acids is 2. The zero-order chi connectivity index (χ0) is 28.1. The first-order valence-corrected chi connectivity index (χ1v) is 13.8. The van der Waals surface area contributed by atoms with Crippen molar-refractivity contribution < 1.29 is 14.7 Å². The lowest BCUT2D eigenvalue weighted by atomic mass is 10.1. The van der Waals surface area contributed by atoms with Crippen molar-refractivity contribution in [2.75, 3.05) is 40.1 Å². The fraction of sp³-hybridized carbons (Fsp3) is 0.226. The van der Waals surface area contributed by atoms with Crippen LogP contribution in [0.2, 0.25) is 5.02 Å². The van der Waals surface area contributed by atoms with E-state index in [0.717, 1.165) is 37.3 Å². The van der Waals surface area contributed by atoms with Gasteiger partial charge in [0.05, 0.1) is 16.8 Å². The third-order valence-corrected chi connectivity index (χ3v) is 7.35. The number of benzene rings is 3. The number of aromatic nitrogens is 1. The van der Waals surface area contributed by atoms with Crippen LogP contribution >= 0.6 is 11.6 Å². The molecule has 1 saturated heterocycles. The minimum Gasteiger partial charge on any atom is -0.393 e. The number of carbonyl (C=O) groups is 2. The summed E-state index contributed by atoms with van der Waals surface area (Å²) >= 11 is 6.57. The highest BCUT2D eigenvalue weighted by Gasteiger charge is 2.19. The molecule has 9 heteroatoms. The second-order valence-corrected chi connectivity index (χ2v) is 10.1. The van der Waals surface area contributed by atoms with Crippen LogP contribution in [0.4, 0.5) is 28.4 Å². The van der Waals surface area contributed by atoms with Gasteiger partial charge in [0.15, 0.2) is 0 Å². The molecule has 0 atom stereocenters. The summed E-state index contributed by atoms with van der Waals surface area (Å²) in [6.07, 6.45) is 3.03. The molecule has 40 heavy (non-hydrogen) atoms. The summed E-state index contributed by atoms with van der Waals surface area (Å²) in [5, 5.41) is 16.4. The van der Waals surface area contributed by atoms with E-state index in [9.17, 15) is 14.7 Å². The molecule has 1 fully saturated rings. The molecule has 3 aromatic carbocycles. The zero-order valence-corrected chi connectivity index (χ0v) is 23.0. The third kappa shape index (κ3) is 6.30. The molecule has 1 aromatic heterocycles. The summed E-state index contributed by atoms with van der Waals surface area (Å²) in [5.74, 6) is -0.310. The molecule has 0 saturated carbocycles. The first-order valence-electron chi connectivity index (χ1n) is 13.4. The van der Waals surface area contributed by atoms with E-state index in [1.165, 1.54) is 0 Å². The molecule has 2 heterocycles. The van der Waals surface area contributed by atoms with Crippen LogP contribution in [0.25, 0.3) is 0 Å². The standard InChI is InChI=1S/C31H32ClN5O3/c1-2-37(31(40)29-4-3-17-33-29)25-13-14-28(27(32)20-25)34-22-7-9-23(10-8-22)35-30(39)21-5-11-24(12-6-21)36-18-15-26(38)16-19-36/h3-14,17,20,26,33-34,38H,2,15-16,18-19H2,1H3,(H,35,39). The maximum absolute atomic E-state index is 12.8. The van der Waals surface area contributed by atoms with Crippen molar-refractivity contribution in [1.29, 1.82) is 0 Å². The molecule has 2 amide bonds. The van der Waals surface area contributed by atoms with E-state index in [1.54, 1.807) is 29.3 Å². The van der Waals surface area contributed by atoms with Gasteiger partial charge >= 0.3 is 0 Å². The molecule has 0 bridgehead atoms. The number of hydrogen-bond acceptors (Lipinski definition) is 5. The van der Waals surface area contributed by atoms with Crippen LogP contribution in [0.15, 0.2) is 85.1 Å². The molecule has 1 aliphatic heterocycles. The average Bonchev–Trinajstić information content (AvgIpc) is 3.52. The van der Waals surface area contributed by atoms with Crippen LogP contribution in [0.5, 0.6) is 0 Å². The Morgan fingerprint density at radius 3 is 2.33 bits per heavy atom. The Bertz CT molecular complexity index is 1450. The predicted molar refractivity (Wildman–Crippen MR) is 161 cm³/mol. The molecule has 0 radical (unpaired) electrons. The number of hydrogen-bond donors (Lipinski definition) is 4. The Hall–Kier alpha value is -4.27. The zero-order valence-electron chi connectivity index (χ0n) is 22.2. The fourth-order valence-electron chi connectivity index (χ4n) is 4.77. The number of aromatic amines is 1. The normalized spacial score (nSPS) is 13.6. The van der Waals surface area contributed by atoms with Gasteiger partial charge in [-0.1, -0.05) is 11.6 Å². The Kier molecular flexibility index (Phi) is 8.38. The van der Waals surface area contributed by atoms with Crippen LogP contribution < -0.4 is 20.4 Å². The van der Waals surface area contributed by atoms with E-state index >= 15 is 0 Å². The number of anilines is 5. The van der Waals surface area contributed by atoms with Crippen molar-refractivity contribution in [3.8, 4) is 0 Å². The summed E-state index contributed by atoms with van der Waals surface area (Å²) in [7, 11) is 0. The lowest BCUT2D eigenvalue weighted by molar-refractivity contribution is 0.0982. The Morgan fingerprint density at radius 1 is 1.00 bits per heavy atom. The molecular weight excluding hydrogens is 526 g/mol. The number of nitrogens with zero attached hydrogens (tertiary/aromatic N) is 2. The Balaban J connectivity index is 1.19. The van der Waals surface area contributed by atoms with Gasteiger partial charge < -0.3 is 30.5 Å². The molecule has 8 nitrogen and oxygen atoms in total. The fourth-order valence-corrected chi connectivity index (χ4v) is 4.99. The van der Waals surface area contributed by atoms with Crippen molar-refractivity contribution in [3.05, 3.63) is 101 Å². The second-order valence-electron chi connectivity index (χ2n) is 9.72. The van der Waals surface area contributed by atoms with Crippen LogP contribution in [-0.2, 0) is 0 Å². The SMILES string of the molecule is CCN(C(=O)c1ccc[nH]1)c1ccc(Nc2ccc(NC(=O)c3ccc(N4CCC(O)CC4)cc3)cc2)c(Cl)c1. The molecule has 4 N–H and O–H groups in total. The van der Waals surface area contributed by atoms with Crippen molar-refractivity contribution in [1.82, 2.24) is 4.98 Å². The number of halogens is 1. The highest BCUT2D eigenvalue weighted by atomic mass is 35.5. The summed E-state index contributed by atoms with van der Waals surface area (Å²) in [6.45, 7) is 4.04. The van der Waals surface area contributed by atoms with Gasteiger partial charge in [0, 0.05) is 54.1 Å². The molecule has 0 unspecified atom stereocenters. The van der Waals surface area contributed by atoms with Gasteiger partial charge in [-0.15, -0.1) is 0 Å². The maximum Gasteiger partial charge on any atom is 0.274 e. The number of aliphatic hydroxyl groups excluding tert-OH is 1. The number of amides is 2. The van der Waals surface area contributed by atoms with Crippen LogP contribution in [0, 0.1) is 0 Å². The van der Waals surface area contributed by atoms with Gasteiger partial charge in [0.25, 0.3) is 11.8 Å². The Labute approximate surface area is 238 Å². The first-order chi connectivity index (χ1) is 19.4. The van der Waals surface area contributed by atoms with E-state index in [4.69, 9.17) is 11.6 Å². The largest absolute Gasteiger partial charge is 0.393 e. The Morgan fingerprint density at radius 2 is 1.70 bits per heavy atom. The van der Waals surface area contributed by atoms with E-state index in [1.807, 2.05) is 67.6 Å². The molecule has 206 valence electrons. The maximum atomic E-state index is 12.8. The van der Waals surface area contributed by atoms with E-state index in [2.05, 4.69) is 20.5 Å². The monoisotopic (exact) mass is 557 g/mol. The minimum atomic E-state index is -0.218. The lowest BCUT2D eigenvalue weighted by Gasteiger charge is -2.31. The minimum absolute atomic E-state index is 0.124. The van der Waals surface area contributed by atoms with E-state index in [0.29, 0.717) is 39.9 Å². The van der Waals surface area contributed by atoms with Gasteiger partial charge in [-0.3, -0.25) is 9.59 Å². The van der Waals surface area contributed by atoms with Crippen molar-refractivity contribution in [2.24, 2.45) is 0 Å². The first kappa shape index (κ1) is 27.3. The van der Waals surface area contributed by atoms with Gasteiger partial charge in [0.2, 0.25) is 0 Å². The third-order valence-electron chi connectivity index (χ3n) is 7.03. The summed E-state index contributed by atoms with van der Waals surface area (Å²) < 4.78 is 0. The van der Waals surface area contributed by atoms with Crippen LogP contribution in [-0.4, -0.2) is 47.6 Å². The summed E-state index contributed by atoms with van der Waals surface area (Å²) in [6, 6.07) is 23.9. The second kappa shape index (κ2) is 12.3. The van der Waals surface area contributed by atoms with Gasteiger partial charge in [-0.2, -0.15) is 0 Å². The average molecular weight is 558 g/mol.